The number of carbonyl (C=O) groups excluding carboxylic acids is 1. The van der Waals surface area contributed by atoms with Gasteiger partial charge in [-0.15, -0.1) is 0 Å². The average molecular weight is 294 g/mol. The third-order valence-corrected chi connectivity index (χ3v) is 3.36. The van der Waals surface area contributed by atoms with Crippen LogP contribution in [-0.2, 0) is 9.53 Å². The standard InChI is InChI=1S/C15H16ClNO3/c1-10(14-12(16)8-5-9-20-14)17-15(19)13(18)11-6-3-2-4-7-11/h2-10,13-14,18H,1H3,(H,17,19)/t10-,13-,14?/m1/s1. The van der Waals surface area contributed by atoms with Gasteiger partial charge in [-0.1, -0.05) is 41.9 Å². The van der Waals surface area contributed by atoms with Crippen molar-refractivity contribution in [1.82, 2.24) is 5.32 Å². The number of aliphatic hydroxyl groups excluding tert-OH is 1. The molecule has 1 aromatic carbocycles. The van der Waals surface area contributed by atoms with Crippen LogP contribution in [0.15, 0.2) is 53.8 Å². The molecule has 0 aromatic heterocycles. The zero-order valence-electron chi connectivity index (χ0n) is 11.0. The molecule has 0 spiro atoms. The van der Waals surface area contributed by atoms with E-state index in [9.17, 15) is 9.90 Å². The predicted molar refractivity (Wildman–Crippen MR) is 77.0 cm³/mol. The topological polar surface area (TPSA) is 58.6 Å². The fourth-order valence-electron chi connectivity index (χ4n) is 1.94. The van der Waals surface area contributed by atoms with Crippen LogP contribution in [0.4, 0.5) is 0 Å². The van der Waals surface area contributed by atoms with Gasteiger partial charge >= 0.3 is 0 Å². The lowest BCUT2D eigenvalue weighted by molar-refractivity contribution is -0.130. The lowest BCUT2D eigenvalue weighted by atomic mass is 10.1. The highest BCUT2D eigenvalue weighted by Crippen LogP contribution is 2.20. The Morgan fingerprint density at radius 1 is 1.40 bits per heavy atom. The summed E-state index contributed by atoms with van der Waals surface area (Å²) in [6.45, 7) is 1.77. The molecule has 4 nitrogen and oxygen atoms in total. The largest absolute Gasteiger partial charge is 0.490 e. The Morgan fingerprint density at radius 3 is 2.75 bits per heavy atom. The maximum absolute atomic E-state index is 12.0. The van der Waals surface area contributed by atoms with Crippen molar-refractivity contribution < 1.29 is 14.6 Å². The molecule has 1 aliphatic heterocycles. The van der Waals surface area contributed by atoms with Gasteiger partial charge in [-0.25, -0.2) is 0 Å². The van der Waals surface area contributed by atoms with Crippen molar-refractivity contribution in [2.24, 2.45) is 0 Å². The molecule has 2 rings (SSSR count). The summed E-state index contributed by atoms with van der Waals surface area (Å²) in [7, 11) is 0. The number of halogens is 1. The minimum Gasteiger partial charge on any atom is -0.490 e. The number of nitrogens with one attached hydrogen (secondary N) is 1. The van der Waals surface area contributed by atoms with Crippen molar-refractivity contribution >= 4 is 17.5 Å². The van der Waals surface area contributed by atoms with Gasteiger partial charge in [-0.3, -0.25) is 4.79 Å². The van der Waals surface area contributed by atoms with Gasteiger partial charge in [0, 0.05) is 0 Å². The molecule has 1 aliphatic rings. The molecule has 1 unspecified atom stereocenters. The molecule has 20 heavy (non-hydrogen) atoms. The van der Waals surface area contributed by atoms with Crippen LogP contribution in [0.25, 0.3) is 0 Å². The lowest BCUT2D eigenvalue weighted by Gasteiger charge is -2.26. The van der Waals surface area contributed by atoms with E-state index in [4.69, 9.17) is 16.3 Å². The minimum atomic E-state index is -1.21. The van der Waals surface area contributed by atoms with Gasteiger partial charge in [0.15, 0.2) is 12.2 Å². The first-order chi connectivity index (χ1) is 9.59. The Balaban J connectivity index is 1.97. The van der Waals surface area contributed by atoms with Crippen LogP contribution in [0.5, 0.6) is 0 Å². The number of ether oxygens (including phenoxy) is 1. The van der Waals surface area contributed by atoms with E-state index in [1.165, 1.54) is 6.26 Å². The Labute approximate surface area is 122 Å². The van der Waals surface area contributed by atoms with Gasteiger partial charge in [-0.2, -0.15) is 0 Å². The van der Waals surface area contributed by atoms with Crippen LogP contribution in [0, 0.1) is 0 Å². The Kier molecular flexibility index (Phi) is 4.82. The zero-order chi connectivity index (χ0) is 14.5. The second-order valence-electron chi connectivity index (χ2n) is 4.55. The molecule has 106 valence electrons. The van der Waals surface area contributed by atoms with Gasteiger partial charge in [0.25, 0.3) is 5.91 Å². The number of amides is 1. The summed E-state index contributed by atoms with van der Waals surface area (Å²) in [5.74, 6) is -0.480. The maximum atomic E-state index is 12.0. The second kappa shape index (κ2) is 6.59. The number of carbonyl (C=O) groups is 1. The van der Waals surface area contributed by atoms with Crippen molar-refractivity contribution in [2.45, 2.75) is 25.2 Å². The molecule has 1 heterocycles. The molecule has 1 aromatic rings. The van der Waals surface area contributed by atoms with Crippen LogP contribution >= 0.6 is 11.6 Å². The smallest absolute Gasteiger partial charge is 0.253 e. The van der Waals surface area contributed by atoms with Crippen molar-refractivity contribution in [3.8, 4) is 0 Å². The number of rotatable bonds is 4. The summed E-state index contributed by atoms with van der Waals surface area (Å²) >= 11 is 6.03. The zero-order valence-corrected chi connectivity index (χ0v) is 11.7. The molecule has 5 heteroatoms. The third kappa shape index (κ3) is 3.40. The van der Waals surface area contributed by atoms with E-state index >= 15 is 0 Å². The van der Waals surface area contributed by atoms with Gasteiger partial charge in [-0.05, 0) is 24.6 Å². The van der Waals surface area contributed by atoms with Crippen molar-refractivity contribution in [1.29, 1.82) is 0 Å². The van der Waals surface area contributed by atoms with Crippen LogP contribution in [-0.4, -0.2) is 23.2 Å². The first kappa shape index (κ1) is 14.6. The summed E-state index contributed by atoms with van der Waals surface area (Å²) in [5.41, 5.74) is 0.545. The van der Waals surface area contributed by atoms with Crippen LogP contribution in [0.2, 0.25) is 0 Å². The first-order valence-electron chi connectivity index (χ1n) is 6.30. The number of hydrogen-bond acceptors (Lipinski definition) is 3. The fraction of sp³-hybridized carbons (Fsp3) is 0.267. The highest BCUT2D eigenvalue weighted by atomic mass is 35.5. The number of benzene rings is 1. The normalized spacial score (nSPS) is 20.6. The summed E-state index contributed by atoms with van der Waals surface area (Å²) < 4.78 is 5.36. The molecule has 0 aliphatic carbocycles. The van der Waals surface area contributed by atoms with Gasteiger partial charge in [0.05, 0.1) is 17.3 Å². The van der Waals surface area contributed by atoms with Crippen LogP contribution < -0.4 is 5.32 Å². The van der Waals surface area contributed by atoms with Crippen LogP contribution in [0.1, 0.15) is 18.6 Å². The van der Waals surface area contributed by atoms with E-state index in [0.29, 0.717) is 10.6 Å². The van der Waals surface area contributed by atoms with E-state index in [2.05, 4.69) is 5.32 Å². The molecule has 2 N–H and O–H groups in total. The molecule has 1 amide bonds. The quantitative estimate of drug-likeness (QED) is 0.895. The van der Waals surface area contributed by atoms with Crippen molar-refractivity contribution in [2.75, 3.05) is 0 Å². The molecule has 0 fully saturated rings. The Hall–Kier alpha value is -1.78. The summed E-state index contributed by atoms with van der Waals surface area (Å²) in [6.07, 6.45) is 3.28. The second-order valence-corrected chi connectivity index (χ2v) is 4.98. The maximum Gasteiger partial charge on any atom is 0.253 e. The SMILES string of the molecule is C[C@@H](NC(=O)[C@H](O)c1ccccc1)C1OC=CC=C1Cl. The average Bonchev–Trinajstić information content (AvgIpc) is 2.47. The van der Waals surface area contributed by atoms with Crippen molar-refractivity contribution in [3.63, 3.8) is 0 Å². The van der Waals surface area contributed by atoms with Gasteiger partial charge in [0.2, 0.25) is 0 Å². The molecule has 0 bridgehead atoms. The van der Waals surface area contributed by atoms with Gasteiger partial charge < -0.3 is 15.2 Å². The summed E-state index contributed by atoms with van der Waals surface area (Å²) in [6, 6.07) is 8.40. The molecule has 0 saturated carbocycles. The van der Waals surface area contributed by atoms with E-state index in [0.717, 1.165) is 0 Å². The highest BCUT2D eigenvalue weighted by Gasteiger charge is 2.26. The van der Waals surface area contributed by atoms with E-state index < -0.39 is 18.1 Å². The van der Waals surface area contributed by atoms with E-state index in [-0.39, 0.29) is 6.04 Å². The fourth-order valence-corrected chi connectivity index (χ4v) is 2.26. The first-order valence-corrected chi connectivity index (χ1v) is 6.68. The molecule has 0 radical (unpaired) electrons. The molecular formula is C15H16ClNO3. The number of aliphatic hydroxyl groups is 1. The number of allylic oxidation sites excluding steroid dienone is 2. The summed E-state index contributed by atoms with van der Waals surface area (Å²) in [5, 5.41) is 13.2. The van der Waals surface area contributed by atoms with Crippen molar-refractivity contribution in [3.05, 3.63) is 59.3 Å². The van der Waals surface area contributed by atoms with E-state index in [1.54, 1.807) is 43.3 Å². The third-order valence-electron chi connectivity index (χ3n) is 3.02. The monoisotopic (exact) mass is 293 g/mol. The van der Waals surface area contributed by atoms with Crippen LogP contribution in [0.3, 0.4) is 0 Å². The predicted octanol–water partition coefficient (Wildman–Crippen LogP) is 2.26. The van der Waals surface area contributed by atoms with E-state index in [1.807, 2.05) is 6.07 Å². The molecule has 0 saturated heterocycles. The summed E-state index contributed by atoms with van der Waals surface area (Å²) in [4.78, 5) is 12.0. The Bertz CT molecular complexity index is 527. The highest BCUT2D eigenvalue weighted by molar-refractivity contribution is 6.30. The molecular weight excluding hydrogens is 278 g/mol. The lowest BCUT2D eigenvalue weighted by Crippen LogP contribution is -2.44. The Morgan fingerprint density at radius 2 is 2.10 bits per heavy atom. The van der Waals surface area contributed by atoms with Gasteiger partial charge in [0.1, 0.15) is 0 Å². The minimum absolute atomic E-state index is 0.352. The number of hydrogen-bond donors (Lipinski definition) is 2. The molecule has 3 atom stereocenters.